The molecule has 1 aromatic carbocycles. The molecule has 0 aromatic heterocycles. The molecule has 0 fully saturated rings. The van der Waals surface area contributed by atoms with E-state index >= 15 is 0 Å². The Hall–Kier alpha value is -2.96. The molecule has 0 spiro atoms. The number of phenolic OH excluding ortho intramolecular Hbond substituents is 1. The van der Waals surface area contributed by atoms with Crippen molar-refractivity contribution < 1.29 is 29.6 Å². The average molecular weight is 476 g/mol. The molecular weight excluding hydrogens is 438 g/mol. The average Bonchev–Trinajstić information content (AvgIpc) is 2.79. The van der Waals surface area contributed by atoms with Crippen LogP contribution in [0.15, 0.2) is 23.2 Å². The zero-order chi connectivity index (χ0) is 25.3. The zero-order valence-electron chi connectivity index (χ0n) is 20.4. The van der Waals surface area contributed by atoms with E-state index in [2.05, 4.69) is 22.2 Å². The summed E-state index contributed by atoms with van der Waals surface area (Å²) in [7, 11) is 3.05. The van der Waals surface area contributed by atoms with Crippen LogP contribution in [0.5, 0.6) is 11.5 Å². The maximum Gasteiger partial charge on any atom is 0.302 e. The predicted molar refractivity (Wildman–Crippen MR) is 129 cm³/mol. The molecule has 2 rings (SSSR count). The fourth-order valence-corrected chi connectivity index (χ4v) is 4.19. The van der Waals surface area contributed by atoms with E-state index in [0.29, 0.717) is 31.4 Å². The molecule has 1 aliphatic rings. The fraction of sp³-hybridized carbons (Fsp3) is 0.600. The lowest BCUT2D eigenvalue weighted by Crippen LogP contribution is -2.46. The largest absolute Gasteiger partial charge is 0.504 e. The third kappa shape index (κ3) is 7.54. The maximum absolute atomic E-state index is 11.8. The number of hydrogen-bond donors (Lipinski definition) is 5. The van der Waals surface area contributed by atoms with E-state index in [1.165, 1.54) is 14.0 Å². The van der Waals surface area contributed by atoms with Gasteiger partial charge in [-0.1, -0.05) is 12.0 Å². The number of methoxy groups -OCH3 is 1. The first-order valence-corrected chi connectivity index (χ1v) is 11.5. The van der Waals surface area contributed by atoms with Crippen molar-refractivity contribution in [2.75, 3.05) is 20.7 Å². The molecular formula is C25H37N3O6. The summed E-state index contributed by atoms with van der Waals surface area (Å²) in [6.45, 7) is 3.30. The number of carbonyl (C=O) groups excluding carboxylic acids is 1. The molecule has 6 N–H and O–H groups in total. The molecule has 9 nitrogen and oxygen atoms in total. The van der Waals surface area contributed by atoms with Gasteiger partial charge < -0.3 is 35.8 Å². The first-order chi connectivity index (χ1) is 16.1. The summed E-state index contributed by atoms with van der Waals surface area (Å²) in [6, 6.07) is 5.07. The number of aliphatic hydroxyl groups excluding tert-OH is 2. The van der Waals surface area contributed by atoms with Crippen LogP contribution in [0.1, 0.15) is 45.1 Å². The van der Waals surface area contributed by atoms with Crippen LogP contribution < -0.4 is 15.8 Å². The van der Waals surface area contributed by atoms with E-state index in [0.717, 1.165) is 5.56 Å². The van der Waals surface area contributed by atoms with Crippen molar-refractivity contribution in [3.63, 3.8) is 0 Å². The summed E-state index contributed by atoms with van der Waals surface area (Å²) in [5.41, 5.74) is 5.83. The van der Waals surface area contributed by atoms with E-state index in [9.17, 15) is 20.1 Å². The molecule has 0 amide bonds. The van der Waals surface area contributed by atoms with Crippen LogP contribution in [0.3, 0.4) is 0 Å². The van der Waals surface area contributed by atoms with Gasteiger partial charge in [0, 0.05) is 39.3 Å². The minimum absolute atomic E-state index is 0.0352. The van der Waals surface area contributed by atoms with E-state index < -0.39 is 29.7 Å². The minimum atomic E-state index is -0.836. The van der Waals surface area contributed by atoms with Gasteiger partial charge in [-0.25, -0.2) is 0 Å². The van der Waals surface area contributed by atoms with Crippen molar-refractivity contribution in [3.05, 3.63) is 23.8 Å². The number of hydrogen-bond acceptors (Lipinski definition) is 7. The Morgan fingerprint density at radius 3 is 2.79 bits per heavy atom. The summed E-state index contributed by atoms with van der Waals surface area (Å²) in [4.78, 5) is 15.7. The number of aliphatic hydroxyl groups is 2. The van der Waals surface area contributed by atoms with Crippen molar-refractivity contribution in [2.45, 2.75) is 64.3 Å². The number of ether oxygens (including phenoxy) is 2. The quantitative estimate of drug-likeness (QED) is 0.172. The molecule has 1 aromatic rings. The van der Waals surface area contributed by atoms with Gasteiger partial charge >= 0.3 is 5.97 Å². The fourth-order valence-electron chi connectivity index (χ4n) is 4.19. The highest BCUT2D eigenvalue weighted by atomic mass is 16.5. The van der Waals surface area contributed by atoms with Gasteiger partial charge in [0.15, 0.2) is 17.5 Å². The number of nitrogens with one attached hydrogen (secondary N) is 1. The predicted octanol–water partition coefficient (Wildman–Crippen LogP) is 1.33. The number of phenols is 1. The van der Waals surface area contributed by atoms with Crippen LogP contribution in [0.25, 0.3) is 0 Å². The Kier molecular flexibility index (Phi) is 10.0. The number of esters is 1. The second kappa shape index (κ2) is 12.5. The summed E-state index contributed by atoms with van der Waals surface area (Å²) >= 11 is 0. The summed E-state index contributed by atoms with van der Waals surface area (Å²) < 4.78 is 10.8. The van der Waals surface area contributed by atoms with Gasteiger partial charge in [-0.15, -0.1) is 5.92 Å². The van der Waals surface area contributed by atoms with Gasteiger partial charge in [0.1, 0.15) is 6.10 Å². The van der Waals surface area contributed by atoms with Crippen LogP contribution in [-0.4, -0.2) is 66.3 Å². The van der Waals surface area contributed by atoms with Crippen molar-refractivity contribution in [3.8, 4) is 23.3 Å². The van der Waals surface area contributed by atoms with Crippen molar-refractivity contribution in [2.24, 2.45) is 22.1 Å². The molecule has 0 saturated heterocycles. The molecule has 5 atom stereocenters. The number of aromatic hydroxyl groups is 1. The first kappa shape index (κ1) is 27.3. The molecule has 188 valence electrons. The van der Waals surface area contributed by atoms with E-state index in [1.807, 2.05) is 0 Å². The molecule has 9 heteroatoms. The van der Waals surface area contributed by atoms with Crippen molar-refractivity contribution >= 4 is 11.9 Å². The number of guanidine groups is 1. The van der Waals surface area contributed by atoms with Crippen molar-refractivity contribution in [1.82, 2.24) is 5.32 Å². The number of carbonyl (C=O) groups is 1. The Balaban J connectivity index is 2.41. The lowest BCUT2D eigenvalue weighted by atomic mass is 9.76. The maximum atomic E-state index is 11.8. The molecule has 0 aliphatic heterocycles. The summed E-state index contributed by atoms with van der Waals surface area (Å²) in [6.07, 6.45) is -0.170. The lowest BCUT2D eigenvalue weighted by Gasteiger charge is -2.35. The van der Waals surface area contributed by atoms with E-state index in [1.54, 1.807) is 32.2 Å². The van der Waals surface area contributed by atoms with Crippen molar-refractivity contribution in [1.29, 1.82) is 0 Å². The number of nitrogens with two attached hydrogens (primary N) is 1. The standard InChI is InChI=1S/C25H37N3O6/c1-16(29)25(15-28-24(26)27-3)10-5-6-19(12-18-7-8-21(32)23(13-18)33-4)22(34-17(2)30)14-20(31)9-11-25/h7-8,13,16,19-20,22,29,31-32H,6,9,11-12,14-15H2,1-4H3,(H3,26,27,28). The highest BCUT2D eigenvalue weighted by Gasteiger charge is 2.36. The molecule has 0 radical (unpaired) electrons. The Bertz CT molecular complexity index is 923. The molecule has 0 heterocycles. The van der Waals surface area contributed by atoms with Crippen LogP contribution in [-0.2, 0) is 16.0 Å². The number of nitrogens with zero attached hydrogens (tertiary/aromatic N) is 1. The van der Waals surface area contributed by atoms with Crippen LogP contribution in [0.4, 0.5) is 0 Å². The zero-order valence-corrected chi connectivity index (χ0v) is 20.4. The smallest absolute Gasteiger partial charge is 0.302 e. The van der Waals surface area contributed by atoms with E-state index in [4.69, 9.17) is 15.2 Å². The molecule has 0 saturated carbocycles. The molecule has 34 heavy (non-hydrogen) atoms. The molecule has 0 bridgehead atoms. The summed E-state index contributed by atoms with van der Waals surface area (Å²) in [5, 5.41) is 34.4. The number of benzene rings is 1. The normalized spacial score (nSPS) is 26.5. The monoisotopic (exact) mass is 475 g/mol. The summed E-state index contributed by atoms with van der Waals surface area (Å²) in [5.74, 6) is 6.43. The van der Waals surface area contributed by atoms with E-state index in [-0.39, 0.29) is 30.6 Å². The van der Waals surface area contributed by atoms with Crippen LogP contribution in [0.2, 0.25) is 0 Å². The lowest BCUT2D eigenvalue weighted by molar-refractivity contribution is -0.151. The third-order valence-electron chi connectivity index (χ3n) is 6.34. The molecule has 5 unspecified atom stereocenters. The second-order valence-electron chi connectivity index (χ2n) is 8.85. The SMILES string of the molecule is CN=C(N)NCC1(C(C)O)C#CCC(Cc2ccc(O)c(OC)c2)C(OC(C)=O)CC(O)CC1. The third-order valence-corrected chi connectivity index (χ3v) is 6.34. The number of rotatable bonds is 7. The van der Waals surface area contributed by atoms with Crippen LogP contribution >= 0.6 is 0 Å². The highest BCUT2D eigenvalue weighted by Crippen LogP contribution is 2.33. The minimum Gasteiger partial charge on any atom is -0.504 e. The van der Waals surface area contributed by atoms with Gasteiger partial charge in [0.05, 0.1) is 24.7 Å². The van der Waals surface area contributed by atoms with Gasteiger partial charge in [-0.05, 0) is 43.9 Å². The number of aliphatic imine (C=N–C) groups is 1. The van der Waals surface area contributed by atoms with Crippen LogP contribution in [0, 0.1) is 23.2 Å². The van der Waals surface area contributed by atoms with Gasteiger partial charge in [-0.2, -0.15) is 0 Å². The first-order valence-electron chi connectivity index (χ1n) is 11.5. The van der Waals surface area contributed by atoms with Gasteiger partial charge in [-0.3, -0.25) is 9.79 Å². The Morgan fingerprint density at radius 2 is 2.18 bits per heavy atom. The van der Waals surface area contributed by atoms with Gasteiger partial charge in [0.25, 0.3) is 0 Å². The second-order valence-corrected chi connectivity index (χ2v) is 8.85. The highest BCUT2D eigenvalue weighted by molar-refractivity contribution is 5.77. The molecule has 1 aliphatic carbocycles. The topological polar surface area (TPSA) is 147 Å². The Morgan fingerprint density at radius 1 is 1.44 bits per heavy atom. The van der Waals surface area contributed by atoms with Gasteiger partial charge in [0.2, 0.25) is 0 Å². The Labute approximate surface area is 201 Å².